The number of sulfonamides is 1. The lowest BCUT2D eigenvalue weighted by molar-refractivity contribution is -0.138. The topological polar surface area (TPSA) is 83.5 Å². The van der Waals surface area contributed by atoms with Gasteiger partial charge in [-0.25, -0.2) is 8.42 Å². The van der Waals surface area contributed by atoms with Crippen molar-refractivity contribution in [3.8, 4) is 0 Å². The van der Waals surface area contributed by atoms with Crippen LogP contribution in [-0.4, -0.2) is 25.5 Å². The molecule has 6 heteroatoms. The SMILES string of the molecule is CC(NS(=O)(=O)c1ccc(C2CC2)cc1)C(=O)O. The summed E-state index contributed by atoms with van der Waals surface area (Å²) in [7, 11) is -3.76. The number of hydrogen-bond donors (Lipinski definition) is 2. The third kappa shape index (κ3) is 2.88. The van der Waals surface area contributed by atoms with Crippen molar-refractivity contribution in [1.82, 2.24) is 4.72 Å². The fourth-order valence-electron chi connectivity index (χ4n) is 1.69. The molecule has 1 aliphatic rings. The van der Waals surface area contributed by atoms with Crippen molar-refractivity contribution in [2.75, 3.05) is 0 Å². The smallest absolute Gasteiger partial charge is 0.321 e. The van der Waals surface area contributed by atoms with E-state index < -0.39 is 22.0 Å². The summed E-state index contributed by atoms with van der Waals surface area (Å²) in [5, 5.41) is 8.69. The van der Waals surface area contributed by atoms with Crippen molar-refractivity contribution >= 4 is 16.0 Å². The Labute approximate surface area is 106 Å². The van der Waals surface area contributed by atoms with Crippen LogP contribution in [0.5, 0.6) is 0 Å². The first-order valence-corrected chi connectivity index (χ1v) is 7.23. The summed E-state index contributed by atoms with van der Waals surface area (Å²) in [4.78, 5) is 10.7. The average Bonchev–Trinajstić information content (AvgIpc) is 3.12. The first kappa shape index (κ1) is 13.0. The van der Waals surface area contributed by atoms with Crippen LogP contribution in [0.25, 0.3) is 0 Å². The van der Waals surface area contributed by atoms with Gasteiger partial charge in [0.15, 0.2) is 0 Å². The molecular formula is C12H15NO4S. The number of hydrogen-bond acceptors (Lipinski definition) is 3. The Bertz CT molecular complexity index is 546. The molecule has 5 nitrogen and oxygen atoms in total. The molecule has 1 unspecified atom stereocenters. The first-order valence-electron chi connectivity index (χ1n) is 5.75. The maximum atomic E-state index is 11.9. The van der Waals surface area contributed by atoms with Crippen LogP contribution in [-0.2, 0) is 14.8 Å². The minimum Gasteiger partial charge on any atom is -0.480 e. The summed E-state index contributed by atoms with van der Waals surface area (Å²) in [6.07, 6.45) is 2.31. The van der Waals surface area contributed by atoms with Gasteiger partial charge in [0.25, 0.3) is 0 Å². The highest BCUT2D eigenvalue weighted by Crippen LogP contribution is 2.40. The molecule has 0 amide bonds. The maximum Gasteiger partial charge on any atom is 0.321 e. The highest BCUT2D eigenvalue weighted by atomic mass is 32.2. The molecular weight excluding hydrogens is 254 g/mol. The third-order valence-corrected chi connectivity index (χ3v) is 4.50. The van der Waals surface area contributed by atoms with Gasteiger partial charge >= 0.3 is 5.97 Å². The van der Waals surface area contributed by atoms with Crippen molar-refractivity contribution in [3.63, 3.8) is 0 Å². The van der Waals surface area contributed by atoms with Gasteiger partial charge in [0, 0.05) is 0 Å². The quantitative estimate of drug-likeness (QED) is 0.844. The first-order chi connectivity index (χ1) is 8.40. The van der Waals surface area contributed by atoms with Crippen molar-refractivity contribution in [2.45, 2.75) is 36.6 Å². The molecule has 1 fully saturated rings. The number of nitrogens with one attached hydrogen (secondary N) is 1. The second-order valence-electron chi connectivity index (χ2n) is 4.52. The largest absolute Gasteiger partial charge is 0.480 e. The van der Waals surface area contributed by atoms with Crippen molar-refractivity contribution in [2.24, 2.45) is 0 Å². The van der Waals surface area contributed by atoms with Gasteiger partial charge in [-0.1, -0.05) is 12.1 Å². The van der Waals surface area contributed by atoms with Gasteiger partial charge in [-0.15, -0.1) is 0 Å². The molecule has 98 valence electrons. The second kappa shape index (κ2) is 4.70. The maximum absolute atomic E-state index is 11.9. The monoisotopic (exact) mass is 269 g/mol. The van der Waals surface area contributed by atoms with Gasteiger partial charge in [-0.05, 0) is 43.4 Å². The second-order valence-corrected chi connectivity index (χ2v) is 6.24. The van der Waals surface area contributed by atoms with Crippen LogP contribution < -0.4 is 4.72 Å². The lowest BCUT2D eigenvalue weighted by atomic mass is 10.1. The Morgan fingerprint density at radius 2 is 1.89 bits per heavy atom. The Hall–Kier alpha value is -1.40. The summed E-state index contributed by atoms with van der Waals surface area (Å²) in [6, 6.07) is 5.47. The van der Waals surface area contributed by atoms with Crippen LogP contribution in [0.2, 0.25) is 0 Å². The van der Waals surface area contributed by atoms with Gasteiger partial charge in [-0.2, -0.15) is 4.72 Å². The molecule has 1 aliphatic carbocycles. The number of carbonyl (C=O) groups is 1. The van der Waals surface area contributed by atoms with Crippen LogP contribution in [0.1, 0.15) is 31.2 Å². The summed E-state index contributed by atoms with van der Waals surface area (Å²) in [5.74, 6) is -0.638. The number of aliphatic carboxylic acids is 1. The van der Waals surface area contributed by atoms with E-state index in [1.807, 2.05) is 0 Å². The Balaban J connectivity index is 2.16. The molecule has 2 N–H and O–H groups in total. The van der Waals surface area contributed by atoms with E-state index >= 15 is 0 Å². The highest BCUT2D eigenvalue weighted by molar-refractivity contribution is 7.89. The predicted molar refractivity (Wildman–Crippen MR) is 65.8 cm³/mol. The third-order valence-electron chi connectivity index (χ3n) is 2.94. The van der Waals surface area contributed by atoms with Crippen LogP contribution >= 0.6 is 0 Å². The number of rotatable bonds is 5. The van der Waals surface area contributed by atoms with Crippen molar-refractivity contribution < 1.29 is 18.3 Å². The lowest BCUT2D eigenvalue weighted by Crippen LogP contribution is -2.38. The van der Waals surface area contributed by atoms with Gasteiger partial charge in [0.05, 0.1) is 4.90 Å². The lowest BCUT2D eigenvalue weighted by Gasteiger charge is -2.10. The van der Waals surface area contributed by atoms with E-state index in [0.717, 1.165) is 18.4 Å². The van der Waals surface area contributed by atoms with Gasteiger partial charge in [0.1, 0.15) is 6.04 Å². The normalized spacial score (nSPS) is 17.4. The van der Waals surface area contributed by atoms with Crippen LogP contribution in [0.3, 0.4) is 0 Å². The van der Waals surface area contributed by atoms with E-state index in [1.165, 1.54) is 19.1 Å². The molecule has 1 saturated carbocycles. The summed E-state index contributed by atoms with van der Waals surface area (Å²) >= 11 is 0. The number of benzene rings is 1. The minimum absolute atomic E-state index is 0.0972. The Morgan fingerprint density at radius 1 is 1.33 bits per heavy atom. The Morgan fingerprint density at radius 3 is 2.33 bits per heavy atom. The molecule has 0 aromatic heterocycles. The van der Waals surface area contributed by atoms with E-state index in [0.29, 0.717) is 5.92 Å². The number of carboxylic acid groups (broad SMARTS) is 1. The molecule has 0 heterocycles. The molecule has 2 rings (SSSR count). The van der Waals surface area contributed by atoms with Crippen LogP contribution in [0, 0.1) is 0 Å². The van der Waals surface area contributed by atoms with Gasteiger partial charge < -0.3 is 5.11 Å². The highest BCUT2D eigenvalue weighted by Gasteiger charge is 2.25. The molecule has 1 aromatic rings. The molecule has 0 aliphatic heterocycles. The summed E-state index contributed by atoms with van der Waals surface area (Å²) < 4.78 is 25.8. The standard InChI is InChI=1S/C12H15NO4S/c1-8(12(14)15)13-18(16,17)11-6-4-10(5-7-11)9-2-3-9/h4-9,13H,2-3H2,1H3,(H,14,15). The summed E-state index contributed by atoms with van der Waals surface area (Å²) in [6.45, 7) is 1.29. The zero-order valence-electron chi connectivity index (χ0n) is 9.96. The molecule has 1 aromatic carbocycles. The van der Waals surface area contributed by atoms with E-state index in [4.69, 9.17) is 5.11 Å². The zero-order valence-corrected chi connectivity index (χ0v) is 10.8. The van der Waals surface area contributed by atoms with Crippen molar-refractivity contribution in [3.05, 3.63) is 29.8 Å². The molecule has 0 radical (unpaired) electrons. The Kier molecular flexibility index (Phi) is 3.41. The molecule has 0 bridgehead atoms. The zero-order chi connectivity index (χ0) is 13.3. The molecule has 0 spiro atoms. The summed E-state index contributed by atoms with van der Waals surface area (Å²) in [5.41, 5.74) is 1.14. The molecule has 0 saturated heterocycles. The predicted octanol–water partition coefficient (Wildman–Crippen LogP) is 1.32. The van der Waals surface area contributed by atoms with Crippen molar-refractivity contribution in [1.29, 1.82) is 0 Å². The van der Waals surface area contributed by atoms with E-state index in [-0.39, 0.29) is 4.90 Å². The fraction of sp³-hybridized carbons (Fsp3) is 0.417. The van der Waals surface area contributed by atoms with Gasteiger partial charge in [-0.3, -0.25) is 4.79 Å². The molecule has 1 atom stereocenters. The van der Waals surface area contributed by atoms with Crippen LogP contribution in [0.15, 0.2) is 29.2 Å². The van der Waals surface area contributed by atoms with E-state index in [1.54, 1.807) is 12.1 Å². The minimum atomic E-state index is -3.76. The number of carboxylic acids is 1. The average molecular weight is 269 g/mol. The fourth-order valence-corrected chi connectivity index (χ4v) is 2.88. The van der Waals surface area contributed by atoms with Crippen LogP contribution in [0.4, 0.5) is 0 Å². The van der Waals surface area contributed by atoms with Gasteiger partial charge in [0.2, 0.25) is 10.0 Å². The van der Waals surface area contributed by atoms with E-state index in [2.05, 4.69) is 4.72 Å². The van der Waals surface area contributed by atoms with E-state index in [9.17, 15) is 13.2 Å². The molecule has 18 heavy (non-hydrogen) atoms.